The molecule has 0 spiro atoms. The van der Waals surface area contributed by atoms with Gasteiger partial charge in [0.05, 0.1) is 12.7 Å². The molecule has 5 heteroatoms. The Labute approximate surface area is 191 Å². The van der Waals surface area contributed by atoms with Crippen molar-refractivity contribution >= 4 is 11.8 Å². The molecule has 2 amide bonds. The highest BCUT2D eigenvalue weighted by Gasteiger charge is 2.60. The van der Waals surface area contributed by atoms with Crippen LogP contribution in [0.3, 0.4) is 0 Å². The molecule has 32 heavy (non-hydrogen) atoms. The van der Waals surface area contributed by atoms with Crippen LogP contribution in [0.2, 0.25) is 0 Å². The number of hydrogen-bond acceptors (Lipinski definition) is 3. The first kappa shape index (κ1) is 21.5. The number of fused-ring (bicyclic) bond motifs is 5. The van der Waals surface area contributed by atoms with Crippen LogP contribution >= 0.6 is 0 Å². The number of carbonyl (C=O) groups is 2. The van der Waals surface area contributed by atoms with Crippen LogP contribution in [0.1, 0.15) is 62.7 Å². The second kappa shape index (κ2) is 7.64. The molecule has 3 saturated carbocycles. The minimum atomic E-state index is -0.0255. The van der Waals surface area contributed by atoms with Gasteiger partial charge in [-0.3, -0.25) is 9.59 Å². The van der Waals surface area contributed by atoms with Gasteiger partial charge >= 0.3 is 0 Å². The SMILES string of the molecule is COc1ccccc1C(=O)NC1CC[C@H]2[C@@H]3CCC4N(C)C(=O)C=C[C@]4(C)[C@@H]3CC[C@]12C. The number of para-hydroxylation sites is 1. The van der Waals surface area contributed by atoms with Crippen LogP contribution in [0.5, 0.6) is 5.75 Å². The topological polar surface area (TPSA) is 58.6 Å². The molecular weight excluding hydrogens is 400 g/mol. The molecule has 1 aliphatic heterocycles. The van der Waals surface area contributed by atoms with Crippen LogP contribution in [0, 0.1) is 28.6 Å². The van der Waals surface area contributed by atoms with Crippen molar-refractivity contribution in [1.82, 2.24) is 10.2 Å². The zero-order valence-electron chi connectivity index (χ0n) is 19.8. The summed E-state index contributed by atoms with van der Waals surface area (Å²) in [6.07, 6.45) is 10.8. The van der Waals surface area contributed by atoms with Gasteiger partial charge in [-0.05, 0) is 79.9 Å². The van der Waals surface area contributed by atoms with Crippen LogP contribution < -0.4 is 10.1 Å². The third-order valence-corrected chi connectivity index (χ3v) is 9.78. The highest BCUT2D eigenvalue weighted by Crippen LogP contribution is 2.63. The smallest absolute Gasteiger partial charge is 0.255 e. The number of nitrogens with zero attached hydrogens (tertiary/aromatic N) is 1. The fraction of sp³-hybridized carbons (Fsp3) is 0.630. The molecule has 1 heterocycles. The molecule has 1 aromatic rings. The Morgan fingerprint density at radius 2 is 1.88 bits per heavy atom. The molecule has 1 N–H and O–H groups in total. The fourth-order valence-electron chi connectivity index (χ4n) is 8.04. The maximum Gasteiger partial charge on any atom is 0.255 e. The minimum absolute atomic E-state index is 0.0255. The molecule has 172 valence electrons. The predicted molar refractivity (Wildman–Crippen MR) is 124 cm³/mol. The molecular formula is C27H36N2O3. The Kier molecular flexibility index (Phi) is 5.14. The molecule has 0 saturated heterocycles. The van der Waals surface area contributed by atoms with Gasteiger partial charge < -0.3 is 15.0 Å². The molecule has 3 aliphatic carbocycles. The summed E-state index contributed by atoms with van der Waals surface area (Å²) in [7, 11) is 3.59. The third kappa shape index (κ3) is 3.03. The van der Waals surface area contributed by atoms with Crippen LogP contribution in [-0.4, -0.2) is 43.0 Å². The Morgan fingerprint density at radius 3 is 2.66 bits per heavy atom. The molecule has 5 rings (SSSR count). The third-order valence-electron chi connectivity index (χ3n) is 9.78. The van der Waals surface area contributed by atoms with Crippen LogP contribution in [-0.2, 0) is 4.79 Å². The number of hydrogen-bond donors (Lipinski definition) is 1. The first-order chi connectivity index (χ1) is 15.3. The van der Waals surface area contributed by atoms with Crippen molar-refractivity contribution in [2.24, 2.45) is 28.6 Å². The number of amides is 2. The van der Waals surface area contributed by atoms with Crippen LogP contribution in [0.4, 0.5) is 0 Å². The van der Waals surface area contributed by atoms with Crippen molar-refractivity contribution in [3.63, 3.8) is 0 Å². The summed E-state index contributed by atoms with van der Waals surface area (Å²) in [6, 6.07) is 7.98. The minimum Gasteiger partial charge on any atom is -0.496 e. The number of methoxy groups -OCH3 is 1. The quantitative estimate of drug-likeness (QED) is 0.762. The summed E-state index contributed by atoms with van der Waals surface area (Å²) in [5, 5.41) is 3.40. The van der Waals surface area contributed by atoms with E-state index in [1.54, 1.807) is 13.2 Å². The first-order valence-corrected chi connectivity index (χ1v) is 12.2. The molecule has 2 unspecified atom stereocenters. The summed E-state index contributed by atoms with van der Waals surface area (Å²) in [5.41, 5.74) is 0.803. The Balaban J connectivity index is 1.37. The lowest BCUT2D eigenvalue weighted by atomic mass is 9.48. The lowest BCUT2D eigenvalue weighted by Crippen LogP contribution is -2.60. The monoisotopic (exact) mass is 436 g/mol. The molecule has 0 aromatic heterocycles. The average Bonchev–Trinajstić information content (AvgIpc) is 3.12. The number of rotatable bonds is 3. The van der Waals surface area contributed by atoms with Gasteiger partial charge in [0.1, 0.15) is 5.75 Å². The van der Waals surface area contributed by atoms with Crippen molar-refractivity contribution < 1.29 is 14.3 Å². The summed E-state index contributed by atoms with van der Waals surface area (Å²) >= 11 is 0. The van der Waals surface area contributed by atoms with Gasteiger partial charge in [-0.2, -0.15) is 0 Å². The van der Waals surface area contributed by atoms with E-state index in [2.05, 4.69) is 25.2 Å². The van der Waals surface area contributed by atoms with Crippen LogP contribution in [0.15, 0.2) is 36.4 Å². The van der Waals surface area contributed by atoms with E-state index >= 15 is 0 Å². The van der Waals surface area contributed by atoms with E-state index in [0.29, 0.717) is 35.1 Å². The Hall–Kier alpha value is -2.30. The first-order valence-electron chi connectivity index (χ1n) is 12.2. The second-order valence-corrected chi connectivity index (χ2v) is 11.0. The molecule has 7 atom stereocenters. The number of nitrogens with one attached hydrogen (secondary N) is 1. The highest BCUT2D eigenvalue weighted by atomic mass is 16.5. The van der Waals surface area contributed by atoms with Crippen molar-refractivity contribution in [3.8, 4) is 5.75 Å². The Bertz CT molecular complexity index is 958. The lowest BCUT2D eigenvalue weighted by Gasteiger charge is -2.60. The van der Waals surface area contributed by atoms with E-state index in [-0.39, 0.29) is 28.7 Å². The number of benzene rings is 1. The summed E-state index contributed by atoms with van der Waals surface area (Å²) in [5.74, 6) is 2.64. The number of likely N-dealkylation sites (N-methyl/N-ethyl adjacent to an activating group) is 1. The lowest BCUT2D eigenvalue weighted by molar-refractivity contribution is -0.138. The van der Waals surface area contributed by atoms with Crippen LogP contribution in [0.25, 0.3) is 0 Å². The van der Waals surface area contributed by atoms with E-state index in [9.17, 15) is 9.59 Å². The van der Waals surface area contributed by atoms with Gasteiger partial charge in [-0.25, -0.2) is 0 Å². The summed E-state index contributed by atoms with van der Waals surface area (Å²) in [4.78, 5) is 27.4. The van der Waals surface area contributed by atoms with Crippen molar-refractivity contribution in [1.29, 1.82) is 0 Å². The highest BCUT2D eigenvalue weighted by molar-refractivity contribution is 5.97. The van der Waals surface area contributed by atoms with E-state index < -0.39 is 0 Å². The standard InChI is InChI=1S/C27H36N2O3/c1-26-15-13-20-17(9-12-23-27(20,2)16-14-24(30)29(23)3)19(26)10-11-22(26)28-25(31)18-7-5-6-8-21(18)32-4/h5-8,14,16-17,19-20,22-23H,9-13,15H2,1-4H3,(H,28,31)/t17-,19-,20+,22?,23?,26-,27+/m0/s1. The molecule has 0 bridgehead atoms. The number of carbonyl (C=O) groups excluding carboxylic acids is 2. The van der Waals surface area contributed by atoms with Gasteiger partial charge in [0.2, 0.25) is 5.91 Å². The van der Waals surface area contributed by atoms with E-state index in [0.717, 1.165) is 25.7 Å². The van der Waals surface area contributed by atoms with Gasteiger partial charge in [0.15, 0.2) is 0 Å². The molecule has 4 aliphatic rings. The zero-order chi connectivity index (χ0) is 22.7. The molecule has 0 radical (unpaired) electrons. The number of ether oxygens (including phenoxy) is 1. The van der Waals surface area contributed by atoms with Gasteiger partial charge in [0.25, 0.3) is 5.91 Å². The normalized spacial score (nSPS) is 40.3. The zero-order valence-corrected chi connectivity index (χ0v) is 19.8. The van der Waals surface area contributed by atoms with E-state index in [1.165, 1.54) is 12.8 Å². The van der Waals surface area contributed by atoms with Crippen molar-refractivity contribution in [2.45, 2.75) is 64.5 Å². The Morgan fingerprint density at radius 1 is 1.09 bits per heavy atom. The molecule has 5 nitrogen and oxygen atoms in total. The van der Waals surface area contributed by atoms with Gasteiger partial charge in [-0.1, -0.05) is 32.1 Å². The fourth-order valence-corrected chi connectivity index (χ4v) is 8.04. The largest absolute Gasteiger partial charge is 0.496 e. The van der Waals surface area contributed by atoms with Gasteiger partial charge in [-0.15, -0.1) is 0 Å². The average molecular weight is 437 g/mol. The second-order valence-electron chi connectivity index (χ2n) is 11.0. The summed E-state index contributed by atoms with van der Waals surface area (Å²) < 4.78 is 5.42. The molecule has 3 fully saturated rings. The maximum atomic E-state index is 13.1. The predicted octanol–water partition coefficient (Wildman–Crippen LogP) is 4.43. The maximum absolute atomic E-state index is 13.1. The van der Waals surface area contributed by atoms with Crippen molar-refractivity contribution in [2.75, 3.05) is 14.2 Å². The summed E-state index contributed by atoms with van der Waals surface area (Å²) in [6.45, 7) is 4.79. The van der Waals surface area contributed by atoms with Crippen molar-refractivity contribution in [3.05, 3.63) is 42.0 Å². The van der Waals surface area contributed by atoms with E-state index in [4.69, 9.17) is 4.74 Å². The van der Waals surface area contributed by atoms with Gasteiger partial charge in [0, 0.05) is 24.5 Å². The molecule has 1 aromatic carbocycles. The van der Waals surface area contributed by atoms with E-state index in [1.807, 2.05) is 36.2 Å².